The highest BCUT2D eigenvalue weighted by molar-refractivity contribution is 9.10. The van der Waals surface area contributed by atoms with Gasteiger partial charge < -0.3 is 4.90 Å². The van der Waals surface area contributed by atoms with Crippen LogP contribution in [0, 0.1) is 0 Å². The van der Waals surface area contributed by atoms with Crippen molar-refractivity contribution in [2.24, 2.45) is 0 Å². The Hall–Kier alpha value is -0.210. The number of hydrogen-bond donors (Lipinski definition) is 0. The van der Waals surface area contributed by atoms with Gasteiger partial charge in [0, 0.05) is 23.8 Å². The summed E-state index contributed by atoms with van der Waals surface area (Å²) in [6, 6.07) is 4.13. The second-order valence-electron chi connectivity index (χ2n) is 3.07. The maximum absolute atomic E-state index is 5.97. The van der Waals surface area contributed by atoms with E-state index in [1.807, 2.05) is 6.07 Å². The standard InChI is InChI=1S/C9H9BrClN/c1-12-3-2-6-4-8(11)7(10)5-9(6)12/h4-5H,2-3H2,1H3. The molecule has 64 valence electrons. The molecular weight excluding hydrogens is 237 g/mol. The van der Waals surface area contributed by atoms with Crippen LogP contribution in [-0.2, 0) is 6.42 Å². The predicted octanol–water partition coefficient (Wildman–Crippen LogP) is 3.09. The quantitative estimate of drug-likeness (QED) is 0.680. The van der Waals surface area contributed by atoms with Gasteiger partial charge in [0.05, 0.1) is 5.02 Å². The number of nitrogens with zero attached hydrogens (tertiary/aromatic N) is 1. The molecule has 0 spiro atoms. The van der Waals surface area contributed by atoms with E-state index in [2.05, 4.69) is 33.9 Å². The summed E-state index contributed by atoms with van der Waals surface area (Å²) < 4.78 is 0.983. The number of likely N-dealkylation sites (N-methyl/N-ethyl adjacent to an activating group) is 1. The lowest BCUT2D eigenvalue weighted by Gasteiger charge is -2.12. The maximum atomic E-state index is 5.97. The molecule has 0 bridgehead atoms. The van der Waals surface area contributed by atoms with E-state index in [0.717, 1.165) is 22.5 Å². The molecule has 1 aliphatic heterocycles. The first-order valence-electron chi connectivity index (χ1n) is 3.87. The summed E-state index contributed by atoms with van der Waals surface area (Å²) in [5.41, 5.74) is 2.65. The van der Waals surface area contributed by atoms with Gasteiger partial charge in [-0.25, -0.2) is 0 Å². The minimum absolute atomic E-state index is 0.809. The van der Waals surface area contributed by atoms with Gasteiger partial charge in [-0.1, -0.05) is 11.6 Å². The minimum Gasteiger partial charge on any atom is -0.374 e. The summed E-state index contributed by atoms with van der Waals surface area (Å²) in [5.74, 6) is 0. The van der Waals surface area contributed by atoms with Crippen LogP contribution in [0.4, 0.5) is 5.69 Å². The van der Waals surface area contributed by atoms with Crippen LogP contribution in [0.3, 0.4) is 0 Å². The summed E-state index contributed by atoms with van der Waals surface area (Å²) in [6.45, 7) is 1.10. The Labute approximate surface area is 85.5 Å². The van der Waals surface area contributed by atoms with Crippen LogP contribution in [-0.4, -0.2) is 13.6 Å². The Morgan fingerprint density at radius 3 is 3.00 bits per heavy atom. The molecule has 2 rings (SSSR count). The number of hydrogen-bond acceptors (Lipinski definition) is 1. The summed E-state index contributed by atoms with van der Waals surface area (Å²) in [6.07, 6.45) is 1.11. The Bertz CT molecular complexity index is 325. The van der Waals surface area contributed by atoms with Crippen LogP contribution in [0.5, 0.6) is 0 Å². The molecule has 0 saturated carbocycles. The summed E-state index contributed by atoms with van der Waals surface area (Å²) in [7, 11) is 2.10. The van der Waals surface area contributed by atoms with Gasteiger partial charge in [0.2, 0.25) is 0 Å². The average Bonchev–Trinajstić information content (AvgIpc) is 2.35. The van der Waals surface area contributed by atoms with Gasteiger partial charge in [0.15, 0.2) is 0 Å². The SMILES string of the molecule is CN1CCc2cc(Cl)c(Br)cc21. The zero-order valence-electron chi connectivity index (χ0n) is 6.77. The Balaban J connectivity index is 2.56. The van der Waals surface area contributed by atoms with Crippen LogP contribution in [0.1, 0.15) is 5.56 Å². The van der Waals surface area contributed by atoms with E-state index in [0.29, 0.717) is 0 Å². The molecule has 0 radical (unpaired) electrons. The topological polar surface area (TPSA) is 3.24 Å². The van der Waals surface area contributed by atoms with Gasteiger partial charge in [-0.15, -0.1) is 0 Å². The fraction of sp³-hybridized carbons (Fsp3) is 0.333. The molecule has 1 heterocycles. The van der Waals surface area contributed by atoms with Crippen LogP contribution >= 0.6 is 27.5 Å². The van der Waals surface area contributed by atoms with Gasteiger partial charge in [-0.05, 0) is 40.0 Å². The first kappa shape index (κ1) is 8.39. The number of anilines is 1. The Morgan fingerprint density at radius 1 is 1.50 bits per heavy atom. The Morgan fingerprint density at radius 2 is 2.25 bits per heavy atom. The molecule has 1 aliphatic rings. The van der Waals surface area contributed by atoms with Crippen molar-refractivity contribution in [3.05, 3.63) is 27.2 Å². The van der Waals surface area contributed by atoms with Crippen molar-refractivity contribution >= 4 is 33.2 Å². The van der Waals surface area contributed by atoms with Crippen LogP contribution < -0.4 is 4.90 Å². The van der Waals surface area contributed by atoms with Crippen LogP contribution in [0.2, 0.25) is 5.02 Å². The molecule has 0 amide bonds. The number of halogens is 2. The van der Waals surface area contributed by atoms with Crippen molar-refractivity contribution < 1.29 is 0 Å². The van der Waals surface area contributed by atoms with Crippen LogP contribution in [0.15, 0.2) is 16.6 Å². The molecule has 0 fully saturated rings. The van der Waals surface area contributed by atoms with Crippen molar-refractivity contribution in [1.82, 2.24) is 0 Å². The zero-order chi connectivity index (χ0) is 8.72. The monoisotopic (exact) mass is 245 g/mol. The maximum Gasteiger partial charge on any atom is 0.0552 e. The molecule has 3 heteroatoms. The van der Waals surface area contributed by atoms with Crippen molar-refractivity contribution in [1.29, 1.82) is 0 Å². The van der Waals surface area contributed by atoms with E-state index in [9.17, 15) is 0 Å². The minimum atomic E-state index is 0.809. The van der Waals surface area contributed by atoms with Crippen molar-refractivity contribution in [3.8, 4) is 0 Å². The predicted molar refractivity (Wildman–Crippen MR) is 56.1 cm³/mol. The molecule has 0 N–H and O–H groups in total. The molecule has 12 heavy (non-hydrogen) atoms. The third-order valence-electron chi connectivity index (χ3n) is 2.25. The van der Waals surface area contributed by atoms with E-state index in [1.165, 1.54) is 11.3 Å². The summed E-state index contributed by atoms with van der Waals surface area (Å²) >= 11 is 9.39. The third kappa shape index (κ3) is 1.23. The molecule has 0 aromatic heterocycles. The zero-order valence-corrected chi connectivity index (χ0v) is 9.11. The van der Waals surface area contributed by atoms with Gasteiger partial charge in [0.25, 0.3) is 0 Å². The van der Waals surface area contributed by atoms with Gasteiger partial charge in [-0.3, -0.25) is 0 Å². The van der Waals surface area contributed by atoms with Gasteiger partial charge in [-0.2, -0.15) is 0 Å². The Kier molecular flexibility index (Phi) is 2.05. The first-order valence-corrected chi connectivity index (χ1v) is 5.04. The highest BCUT2D eigenvalue weighted by Crippen LogP contribution is 2.34. The molecular formula is C9H9BrClN. The second-order valence-corrected chi connectivity index (χ2v) is 4.33. The van der Waals surface area contributed by atoms with E-state index >= 15 is 0 Å². The smallest absolute Gasteiger partial charge is 0.0552 e. The van der Waals surface area contributed by atoms with Gasteiger partial charge >= 0.3 is 0 Å². The first-order chi connectivity index (χ1) is 5.68. The number of rotatable bonds is 0. The van der Waals surface area contributed by atoms with Crippen molar-refractivity contribution in [2.75, 3.05) is 18.5 Å². The average molecular weight is 247 g/mol. The van der Waals surface area contributed by atoms with E-state index in [4.69, 9.17) is 11.6 Å². The van der Waals surface area contributed by atoms with Crippen LogP contribution in [0.25, 0.3) is 0 Å². The molecule has 1 nitrogen and oxygen atoms in total. The normalized spacial score (nSPS) is 15.1. The second kappa shape index (κ2) is 2.93. The molecule has 0 atom stereocenters. The fourth-order valence-electron chi connectivity index (χ4n) is 1.54. The molecule has 1 aromatic carbocycles. The van der Waals surface area contributed by atoms with E-state index in [-0.39, 0.29) is 0 Å². The summed E-state index contributed by atoms with van der Waals surface area (Å²) in [5, 5.41) is 0.809. The molecule has 0 saturated heterocycles. The number of fused-ring (bicyclic) bond motifs is 1. The van der Waals surface area contributed by atoms with Gasteiger partial charge in [0.1, 0.15) is 0 Å². The number of benzene rings is 1. The lowest BCUT2D eigenvalue weighted by Crippen LogP contribution is -2.12. The summed E-state index contributed by atoms with van der Waals surface area (Å²) in [4.78, 5) is 2.25. The van der Waals surface area contributed by atoms with Crippen molar-refractivity contribution in [3.63, 3.8) is 0 Å². The lowest BCUT2D eigenvalue weighted by molar-refractivity contribution is 0.956. The fourth-order valence-corrected chi connectivity index (χ4v) is 2.06. The molecule has 0 unspecified atom stereocenters. The highest BCUT2D eigenvalue weighted by atomic mass is 79.9. The van der Waals surface area contributed by atoms with E-state index < -0.39 is 0 Å². The van der Waals surface area contributed by atoms with Crippen molar-refractivity contribution in [2.45, 2.75) is 6.42 Å². The molecule has 1 aromatic rings. The third-order valence-corrected chi connectivity index (χ3v) is 3.45. The molecule has 0 aliphatic carbocycles. The highest BCUT2D eigenvalue weighted by Gasteiger charge is 2.16. The lowest BCUT2D eigenvalue weighted by atomic mass is 10.2. The largest absolute Gasteiger partial charge is 0.374 e. The van der Waals surface area contributed by atoms with E-state index in [1.54, 1.807) is 0 Å².